The van der Waals surface area contributed by atoms with E-state index in [0.717, 1.165) is 24.9 Å². The third kappa shape index (κ3) is 6.24. The molecule has 176 valence electrons. The van der Waals surface area contributed by atoms with Gasteiger partial charge in [-0.15, -0.1) is 0 Å². The number of amides is 1. The average molecular weight is 444 g/mol. The Hall–Kier alpha value is -3.03. The number of hydrogen-bond acceptors (Lipinski definition) is 5. The number of benzene rings is 1. The van der Waals surface area contributed by atoms with E-state index in [0.29, 0.717) is 19.0 Å². The van der Waals surface area contributed by atoms with Crippen molar-refractivity contribution in [2.24, 2.45) is 5.92 Å². The summed E-state index contributed by atoms with van der Waals surface area (Å²) in [5, 5.41) is 0. The molecule has 1 heterocycles. The van der Waals surface area contributed by atoms with Crippen LogP contribution in [0.25, 0.3) is 0 Å². The number of anilines is 3. The second-order valence-corrected chi connectivity index (χ2v) is 8.80. The van der Waals surface area contributed by atoms with Crippen molar-refractivity contribution >= 4 is 23.1 Å². The summed E-state index contributed by atoms with van der Waals surface area (Å²) in [6.45, 7) is 11.0. The number of nitrogens with one attached hydrogen (secondary N) is 1. The van der Waals surface area contributed by atoms with Crippen LogP contribution in [-0.4, -0.2) is 34.6 Å². The first-order valence-electron chi connectivity index (χ1n) is 11.4. The number of H-pyrrole nitrogens is 1. The zero-order chi connectivity index (χ0) is 23.8. The molecule has 0 saturated heterocycles. The summed E-state index contributed by atoms with van der Waals surface area (Å²) < 4.78 is 1.39. The van der Waals surface area contributed by atoms with Crippen molar-refractivity contribution in [2.45, 2.75) is 66.5 Å². The summed E-state index contributed by atoms with van der Waals surface area (Å²) in [6, 6.07) is 9.40. The first-order chi connectivity index (χ1) is 15.2. The van der Waals surface area contributed by atoms with Crippen LogP contribution in [0.4, 0.5) is 17.2 Å². The van der Waals surface area contributed by atoms with Crippen LogP contribution >= 0.6 is 0 Å². The highest BCUT2D eigenvalue weighted by atomic mass is 16.2. The van der Waals surface area contributed by atoms with E-state index in [2.05, 4.69) is 18.8 Å². The van der Waals surface area contributed by atoms with E-state index in [1.54, 1.807) is 9.80 Å². The van der Waals surface area contributed by atoms with E-state index in [1.165, 1.54) is 4.57 Å². The lowest BCUT2D eigenvalue weighted by Crippen LogP contribution is -2.47. The number of aromatic amines is 1. The molecule has 0 aliphatic heterocycles. The van der Waals surface area contributed by atoms with Gasteiger partial charge in [-0.2, -0.15) is 0 Å². The molecule has 2 aromatic rings. The SMILES string of the molecule is CCCCn1c(N)c(N(CCC(C)C)CC(=O)N(c2ccccc2)C(C)C)c(=O)[nH]c1=O. The van der Waals surface area contributed by atoms with Crippen molar-refractivity contribution in [2.75, 3.05) is 28.6 Å². The Balaban J connectivity index is 2.47. The molecule has 0 radical (unpaired) electrons. The van der Waals surface area contributed by atoms with Gasteiger partial charge in [0.05, 0.1) is 6.54 Å². The molecule has 1 aromatic carbocycles. The zero-order valence-electron chi connectivity index (χ0n) is 19.9. The maximum atomic E-state index is 13.4. The van der Waals surface area contributed by atoms with Gasteiger partial charge in [0.1, 0.15) is 11.5 Å². The van der Waals surface area contributed by atoms with Gasteiger partial charge in [0, 0.05) is 24.8 Å². The number of carbonyl (C=O) groups excluding carboxylic acids is 1. The lowest BCUT2D eigenvalue weighted by molar-refractivity contribution is -0.117. The molecular weight excluding hydrogens is 406 g/mol. The van der Waals surface area contributed by atoms with Crippen LogP contribution < -0.4 is 26.8 Å². The highest BCUT2D eigenvalue weighted by Crippen LogP contribution is 2.21. The molecule has 0 fully saturated rings. The molecule has 8 heteroatoms. The van der Waals surface area contributed by atoms with Gasteiger partial charge < -0.3 is 15.5 Å². The zero-order valence-corrected chi connectivity index (χ0v) is 19.9. The quantitative estimate of drug-likeness (QED) is 0.555. The number of aromatic nitrogens is 2. The van der Waals surface area contributed by atoms with Crippen molar-refractivity contribution < 1.29 is 4.79 Å². The molecule has 0 bridgehead atoms. The molecule has 0 spiro atoms. The van der Waals surface area contributed by atoms with E-state index < -0.39 is 11.2 Å². The Morgan fingerprint density at radius 3 is 2.34 bits per heavy atom. The van der Waals surface area contributed by atoms with Gasteiger partial charge in [-0.1, -0.05) is 45.4 Å². The Bertz CT molecular complexity index is 995. The van der Waals surface area contributed by atoms with Crippen molar-refractivity contribution in [3.05, 3.63) is 51.2 Å². The second-order valence-electron chi connectivity index (χ2n) is 8.80. The molecular formula is C24H37N5O3. The molecule has 2 rings (SSSR count). The van der Waals surface area contributed by atoms with E-state index in [9.17, 15) is 14.4 Å². The molecule has 1 amide bonds. The summed E-state index contributed by atoms with van der Waals surface area (Å²) in [5.41, 5.74) is 6.23. The van der Waals surface area contributed by atoms with Gasteiger partial charge in [-0.25, -0.2) is 4.79 Å². The van der Waals surface area contributed by atoms with E-state index >= 15 is 0 Å². The second kappa shape index (κ2) is 11.5. The van der Waals surface area contributed by atoms with Crippen LogP contribution in [0.15, 0.2) is 39.9 Å². The molecule has 0 aliphatic rings. The smallest absolute Gasteiger partial charge is 0.330 e. The molecule has 0 aliphatic carbocycles. The third-order valence-electron chi connectivity index (χ3n) is 5.39. The number of rotatable bonds is 11. The van der Waals surface area contributed by atoms with Crippen molar-refractivity contribution in [3.8, 4) is 0 Å². The average Bonchev–Trinajstić information content (AvgIpc) is 2.72. The van der Waals surface area contributed by atoms with Gasteiger partial charge >= 0.3 is 5.69 Å². The molecule has 0 saturated carbocycles. The van der Waals surface area contributed by atoms with Crippen LogP contribution in [0, 0.1) is 5.92 Å². The highest BCUT2D eigenvalue weighted by molar-refractivity contribution is 5.97. The van der Waals surface area contributed by atoms with Crippen molar-refractivity contribution in [1.82, 2.24) is 9.55 Å². The lowest BCUT2D eigenvalue weighted by Gasteiger charge is -2.32. The van der Waals surface area contributed by atoms with Gasteiger partial charge in [0.15, 0.2) is 0 Å². The normalized spacial score (nSPS) is 11.2. The topological polar surface area (TPSA) is 104 Å². The number of nitrogens with two attached hydrogens (primary N) is 1. The highest BCUT2D eigenvalue weighted by Gasteiger charge is 2.25. The third-order valence-corrected chi connectivity index (χ3v) is 5.39. The van der Waals surface area contributed by atoms with Crippen LogP contribution in [-0.2, 0) is 11.3 Å². The minimum atomic E-state index is -0.562. The standard InChI is InChI=1S/C24H37N5O3/c1-6-7-14-28-22(25)21(23(31)26-24(28)32)27(15-13-17(2)3)16-20(30)29(18(4)5)19-11-9-8-10-12-19/h8-12,17-18H,6-7,13-16,25H2,1-5H3,(H,26,31,32). The number of nitrogens with zero attached hydrogens (tertiary/aromatic N) is 3. The van der Waals surface area contributed by atoms with Crippen LogP contribution in [0.2, 0.25) is 0 Å². The predicted octanol–water partition coefficient (Wildman–Crippen LogP) is 3.21. The molecule has 1 aromatic heterocycles. The predicted molar refractivity (Wildman–Crippen MR) is 131 cm³/mol. The minimum absolute atomic E-state index is 0.0148. The largest absolute Gasteiger partial charge is 0.383 e. The molecule has 3 N–H and O–H groups in total. The van der Waals surface area contributed by atoms with Crippen LogP contribution in [0.5, 0.6) is 0 Å². The van der Waals surface area contributed by atoms with Gasteiger partial charge in [-0.05, 0) is 44.7 Å². The fourth-order valence-corrected chi connectivity index (χ4v) is 3.66. The van der Waals surface area contributed by atoms with Crippen molar-refractivity contribution in [1.29, 1.82) is 0 Å². The summed E-state index contributed by atoms with van der Waals surface area (Å²) in [5.74, 6) is 0.342. The van der Waals surface area contributed by atoms with E-state index in [4.69, 9.17) is 5.73 Å². The van der Waals surface area contributed by atoms with Gasteiger partial charge in [0.25, 0.3) is 5.56 Å². The Morgan fingerprint density at radius 2 is 1.78 bits per heavy atom. The summed E-state index contributed by atoms with van der Waals surface area (Å²) in [6.07, 6.45) is 2.42. The lowest BCUT2D eigenvalue weighted by atomic mass is 10.1. The van der Waals surface area contributed by atoms with Crippen LogP contribution in [0.3, 0.4) is 0 Å². The van der Waals surface area contributed by atoms with Gasteiger partial charge in [-0.3, -0.25) is 19.1 Å². The summed E-state index contributed by atoms with van der Waals surface area (Å²) in [4.78, 5) is 44.4. The number of hydrogen-bond donors (Lipinski definition) is 2. The van der Waals surface area contributed by atoms with E-state index in [-0.39, 0.29) is 30.0 Å². The Labute approximate surface area is 190 Å². The number of carbonyl (C=O) groups is 1. The van der Waals surface area contributed by atoms with Gasteiger partial charge in [0.2, 0.25) is 5.91 Å². The minimum Gasteiger partial charge on any atom is -0.383 e. The number of unbranched alkanes of at least 4 members (excludes halogenated alkanes) is 1. The first-order valence-corrected chi connectivity index (χ1v) is 11.4. The Kier molecular flexibility index (Phi) is 9.11. The maximum absolute atomic E-state index is 13.4. The number of para-hydroxylation sites is 1. The fourth-order valence-electron chi connectivity index (χ4n) is 3.66. The number of nitrogen functional groups attached to an aromatic ring is 1. The molecule has 8 nitrogen and oxygen atoms in total. The molecule has 0 atom stereocenters. The monoisotopic (exact) mass is 443 g/mol. The summed E-state index contributed by atoms with van der Waals surface area (Å²) >= 11 is 0. The van der Waals surface area contributed by atoms with Crippen LogP contribution in [0.1, 0.15) is 53.9 Å². The van der Waals surface area contributed by atoms with Crippen molar-refractivity contribution in [3.63, 3.8) is 0 Å². The van der Waals surface area contributed by atoms with E-state index in [1.807, 2.05) is 51.1 Å². The summed E-state index contributed by atoms with van der Waals surface area (Å²) in [7, 11) is 0. The molecule has 32 heavy (non-hydrogen) atoms. The Morgan fingerprint density at radius 1 is 1.12 bits per heavy atom. The fraction of sp³-hybridized carbons (Fsp3) is 0.542. The maximum Gasteiger partial charge on any atom is 0.330 e. The first kappa shape index (κ1) is 25.2. The molecule has 0 unspecified atom stereocenters.